The van der Waals surface area contributed by atoms with Gasteiger partial charge in [0.05, 0.1) is 18.8 Å². The molecule has 0 spiro atoms. The van der Waals surface area contributed by atoms with E-state index in [4.69, 9.17) is 14.7 Å². The topological polar surface area (TPSA) is 120 Å². The summed E-state index contributed by atoms with van der Waals surface area (Å²) in [5.41, 5.74) is 6.14. The lowest BCUT2D eigenvalue weighted by Gasteiger charge is -2.39. The van der Waals surface area contributed by atoms with Crippen LogP contribution < -0.4 is 10.8 Å². The highest BCUT2D eigenvalue weighted by Crippen LogP contribution is 2.39. The fraction of sp³-hybridized carbons (Fsp3) is 0.333. The van der Waals surface area contributed by atoms with Crippen LogP contribution in [0.1, 0.15) is 73.3 Å². The van der Waals surface area contributed by atoms with Gasteiger partial charge >= 0.3 is 0 Å². The Morgan fingerprint density at radius 1 is 0.889 bits per heavy atom. The van der Waals surface area contributed by atoms with Crippen molar-refractivity contribution in [2.45, 2.75) is 63.8 Å². The number of anilines is 1. The number of likely N-dealkylation sites (N-methyl/N-ethyl adjacent to an activating group) is 1. The first kappa shape index (κ1) is 32.3. The predicted octanol–water partition coefficient (Wildman–Crippen LogP) is 6.18. The summed E-state index contributed by atoms with van der Waals surface area (Å²) >= 11 is 0. The third-order valence-corrected chi connectivity index (χ3v) is 8.42. The molecule has 0 radical (unpaired) electrons. The number of rotatable bonds is 12. The number of aliphatic hydroxyl groups is 1. The van der Waals surface area contributed by atoms with Crippen molar-refractivity contribution >= 4 is 28.3 Å². The van der Waals surface area contributed by atoms with Crippen LogP contribution in [0.4, 0.5) is 5.69 Å². The third-order valence-electron chi connectivity index (χ3n) is 8.42. The van der Waals surface area contributed by atoms with E-state index in [9.17, 15) is 14.7 Å². The number of nitrogens with zero attached hydrogens (tertiary/aromatic N) is 1. The molecule has 1 heterocycles. The van der Waals surface area contributed by atoms with Crippen LogP contribution in [-0.2, 0) is 25.7 Å². The molecule has 0 aromatic heterocycles. The molecular weight excluding hydrogens is 570 g/mol. The minimum atomic E-state index is -0.614. The maximum absolute atomic E-state index is 12.3. The Morgan fingerprint density at radius 2 is 1.58 bits per heavy atom. The van der Waals surface area contributed by atoms with Crippen molar-refractivity contribution < 1.29 is 29.4 Å². The number of hydrogen-bond donors (Lipinski definition) is 4. The quantitative estimate of drug-likeness (QED) is 0.111. The zero-order valence-corrected chi connectivity index (χ0v) is 25.7. The van der Waals surface area contributed by atoms with Gasteiger partial charge in [0.2, 0.25) is 11.8 Å². The molecular formula is C36H41N3O6. The van der Waals surface area contributed by atoms with Gasteiger partial charge in [0, 0.05) is 43.1 Å². The number of hydrogen-bond acceptors (Lipinski definition) is 7. The number of fused-ring (bicyclic) bond motifs is 1. The summed E-state index contributed by atoms with van der Waals surface area (Å²) in [4.78, 5) is 25.8. The summed E-state index contributed by atoms with van der Waals surface area (Å²) < 4.78 is 13.0. The van der Waals surface area contributed by atoms with E-state index in [0.717, 1.165) is 16.7 Å². The molecule has 9 heteroatoms. The maximum atomic E-state index is 12.3. The molecule has 1 fully saturated rings. The van der Waals surface area contributed by atoms with E-state index in [1.54, 1.807) is 5.48 Å². The van der Waals surface area contributed by atoms with Gasteiger partial charge < -0.3 is 19.9 Å². The van der Waals surface area contributed by atoms with Crippen LogP contribution in [0.15, 0.2) is 91.0 Å². The van der Waals surface area contributed by atoms with Gasteiger partial charge in [0.25, 0.3) is 0 Å². The van der Waals surface area contributed by atoms with Crippen molar-refractivity contribution in [1.29, 1.82) is 0 Å². The smallest absolute Gasteiger partial charge is 0.243 e. The van der Waals surface area contributed by atoms with Crippen molar-refractivity contribution in [3.63, 3.8) is 0 Å². The summed E-state index contributed by atoms with van der Waals surface area (Å²) in [7, 11) is 2.12. The predicted molar refractivity (Wildman–Crippen MR) is 172 cm³/mol. The molecule has 0 bridgehead atoms. The Bertz CT molecular complexity index is 1580. The Kier molecular flexibility index (Phi) is 10.9. The molecule has 1 aliphatic heterocycles. The second kappa shape index (κ2) is 15.2. The van der Waals surface area contributed by atoms with E-state index in [-0.39, 0.29) is 43.6 Å². The molecule has 0 saturated carbocycles. The van der Waals surface area contributed by atoms with Crippen LogP contribution in [0.5, 0.6) is 0 Å². The van der Waals surface area contributed by atoms with Gasteiger partial charge in [0.1, 0.15) is 0 Å². The second-order valence-corrected chi connectivity index (χ2v) is 11.6. The summed E-state index contributed by atoms with van der Waals surface area (Å²) in [6.45, 7) is 2.89. The zero-order valence-electron chi connectivity index (χ0n) is 25.7. The summed E-state index contributed by atoms with van der Waals surface area (Å²) in [6.07, 6.45) is 0.296. The lowest BCUT2D eigenvalue weighted by molar-refractivity contribution is -0.253. The van der Waals surface area contributed by atoms with E-state index in [2.05, 4.69) is 66.7 Å². The van der Waals surface area contributed by atoms with Gasteiger partial charge in [0.15, 0.2) is 6.29 Å². The molecule has 4 atom stereocenters. The molecule has 4 N–H and O–H groups in total. The number of ether oxygens (including phenoxy) is 2. The fourth-order valence-corrected chi connectivity index (χ4v) is 5.65. The lowest BCUT2D eigenvalue weighted by Crippen LogP contribution is -2.38. The average Bonchev–Trinajstić information content (AvgIpc) is 3.07. The second-order valence-electron chi connectivity index (χ2n) is 11.6. The van der Waals surface area contributed by atoms with E-state index in [1.165, 1.54) is 16.3 Å². The first-order valence-corrected chi connectivity index (χ1v) is 15.3. The number of benzene rings is 4. The largest absolute Gasteiger partial charge is 0.392 e. The number of amides is 2. The molecule has 45 heavy (non-hydrogen) atoms. The highest BCUT2D eigenvalue weighted by molar-refractivity contribution is 5.91. The first-order chi connectivity index (χ1) is 21.8. The minimum Gasteiger partial charge on any atom is -0.392 e. The molecule has 1 saturated heterocycles. The van der Waals surface area contributed by atoms with Gasteiger partial charge in [-0.15, -0.1) is 0 Å². The van der Waals surface area contributed by atoms with Crippen LogP contribution in [0.3, 0.4) is 0 Å². The molecule has 2 amide bonds. The molecule has 236 valence electrons. The highest BCUT2D eigenvalue weighted by atomic mass is 16.7. The number of carbonyl (C=O) groups excluding carboxylic acids is 2. The van der Waals surface area contributed by atoms with Crippen molar-refractivity contribution in [1.82, 2.24) is 10.4 Å². The van der Waals surface area contributed by atoms with E-state index in [0.29, 0.717) is 25.1 Å². The molecule has 5 rings (SSSR count). The summed E-state index contributed by atoms with van der Waals surface area (Å²) in [5.74, 6) is -0.733. The SMILES string of the molecule is C[C@H](c1ccc2ccccc2c1)N(C)C[C@@H]1C[C@H](c2ccc(CO)cc2)O[C@H](c2ccc(NC(=O)CCCC(=O)NO)cc2)O1. The van der Waals surface area contributed by atoms with Crippen LogP contribution in [0, 0.1) is 0 Å². The fourth-order valence-electron chi connectivity index (χ4n) is 5.65. The molecule has 0 aliphatic carbocycles. The maximum Gasteiger partial charge on any atom is 0.243 e. The van der Waals surface area contributed by atoms with Crippen molar-refractivity contribution in [3.8, 4) is 0 Å². The van der Waals surface area contributed by atoms with Crippen LogP contribution in [0.2, 0.25) is 0 Å². The van der Waals surface area contributed by atoms with Gasteiger partial charge in [-0.1, -0.05) is 72.8 Å². The van der Waals surface area contributed by atoms with Crippen LogP contribution in [0.25, 0.3) is 10.8 Å². The van der Waals surface area contributed by atoms with Gasteiger partial charge in [-0.05, 0) is 66.1 Å². The Balaban J connectivity index is 1.28. The molecule has 4 aromatic rings. The zero-order chi connectivity index (χ0) is 31.8. The third kappa shape index (κ3) is 8.54. The van der Waals surface area contributed by atoms with Crippen LogP contribution >= 0.6 is 0 Å². The Hall–Kier alpha value is -4.12. The first-order valence-electron chi connectivity index (χ1n) is 15.3. The molecule has 1 aliphatic rings. The Morgan fingerprint density at radius 3 is 2.29 bits per heavy atom. The standard InChI is InChI=1S/C36H41N3O6/c1-24(29-15-14-26-6-3-4-7-30(26)20-29)39(2)22-32-21-33(27-12-10-25(23-40)11-13-27)45-36(44-32)28-16-18-31(19-17-28)37-34(41)8-5-9-35(42)38-43/h3-4,6-7,10-20,24,32-33,36,40,43H,5,8-9,21-23H2,1-2H3,(H,37,41)(H,38,42)/t24-,32+,33-,36-/m1/s1. The summed E-state index contributed by atoms with van der Waals surface area (Å²) in [5, 5.41) is 23.4. The van der Waals surface area contributed by atoms with E-state index >= 15 is 0 Å². The van der Waals surface area contributed by atoms with Crippen molar-refractivity contribution in [3.05, 3.63) is 113 Å². The van der Waals surface area contributed by atoms with Gasteiger partial charge in [-0.2, -0.15) is 0 Å². The Labute approximate surface area is 263 Å². The molecule has 0 unspecified atom stereocenters. The van der Waals surface area contributed by atoms with E-state index < -0.39 is 12.2 Å². The minimum absolute atomic E-state index is 0.0154. The number of nitrogens with one attached hydrogen (secondary N) is 2. The summed E-state index contributed by atoms with van der Waals surface area (Å²) in [6, 6.07) is 30.4. The number of aliphatic hydroxyl groups excluding tert-OH is 1. The van der Waals surface area contributed by atoms with Crippen molar-refractivity contribution in [2.75, 3.05) is 18.9 Å². The van der Waals surface area contributed by atoms with Gasteiger partial charge in [-0.3, -0.25) is 19.7 Å². The average molecular weight is 612 g/mol. The highest BCUT2D eigenvalue weighted by Gasteiger charge is 2.33. The van der Waals surface area contributed by atoms with Crippen LogP contribution in [-0.4, -0.2) is 46.7 Å². The lowest BCUT2D eigenvalue weighted by atomic mass is 9.98. The van der Waals surface area contributed by atoms with Crippen molar-refractivity contribution in [2.24, 2.45) is 0 Å². The normalized spacial score (nSPS) is 18.9. The van der Waals surface area contributed by atoms with E-state index in [1.807, 2.05) is 48.5 Å². The number of carbonyl (C=O) groups is 2. The van der Waals surface area contributed by atoms with Gasteiger partial charge in [-0.25, -0.2) is 5.48 Å². The molecule has 4 aromatic carbocycles. The number of hydroxylamine groups is 1. The molecule has 9 nitrogen and oxygen atoms in total. The monoisotopic (exact) mass is 611 g/mol.